The third kappa shape index (κ3) is 9.42. The topological polar surface area (TPSA) is 156 Å². The Morgan fingerprint density at radius 1 is 1.11 bits per heavy atom. The number of ketones is 1. The van der Waals surface area contributed by atoms with Gasteiger partial charge in [0.2, 0.25) is 0 Å². The van der Waals surface area contributed by atoms with E-state index >= 15 is 0 Å². The van der Waals surface area contributed by atoms with Gasteiger partial charge in [0.25, 0.3) is 0 Å². The van der Waals surface area contributed by atoms with E-state index in [-0.39, 0.29) is 30.1 Å². The molecule has 12 atom stereocenters. The number of phenols is 1. The predicted octanol–water partition coefficient (Wildman–Crippen LogP) is 4.77. The number of aliphatic hydroxyl groups is 1. The highest BCUT2D eigenvalue weighted by Crippen LogP contribution is 2.42. The Morgan fingerprint density at radius 3 is 2.43 bits per heavy atom. The van der Waals surface area contributed by atoms with Gasteiger partial charge in [-0.3, -0.25) is 4.79 Å². The molecule has 3 heterocycles. The maximum atomic E-state index is 14.6. The van der Waals surface area contributed by atoms with Gasteiger partial charge in [-0.1, -0.05) is 45.9 Å². The molecule has 3 aliphatic rings. The molecular weight excluding hydrogens is 682 g/mol. The van der Waals surface area contributed by atoms with Crippen molar-refractivity contribution < 1.29 is 48.3 Å². The van der Waals surface area contributed by atoms with Crippen LogP contribution in [0.15, 0.2) is 35.9 Å². The molecule has 3 aliphatic heterocycles. The number of methoxy groups -OCH3 is 1. The number of hydrazine groups is 1. The SMILES string of the molecule is CC[C@H]1OC(=O)/C(C)=C/[C@H](C)[C@@H](O[C@@H]2O[C@H](C)C[C@H](N(C)C)[C@H]2O)[C@](C)(OC)C[C@@H](C)C(=O)[C@H](C)[C@H]2N(NCCCc3cccc(O)c3)C(=O)O[C@]12C. The van der Waals surface area contributed by atoms with Crippen molar-refractivity contribution in [3.05, 3.63) is 41.5 Å². The molecule has 2 saturated heterocycles. The van der Waals surface area contributed by atoms with Crippen LogP contribution in [0.1, 0.15) is 86.6 Å². The van der Waals surface area contributed by atoms with Crippen LogP contribution in [0.4, 0.5) is 4.79 Å². The van der Waals surface area contributed by atoms with Crippen LogP contribution >= 0.6 is 0 Å². The summed E-state index contributed by atoms with van der Waals surface area (Å²) in [6.07, 6.45) is -0.202. The first-order valence-corrected chi connectivity index (χ1v) is 19.0. The number of hydrogen-bond donors (Lipinski definition) is 3. The fourth-order valence-corrected chi connectivity index (χ4v) is 8.64. The molecule has 53 heavy (non-hydrogen) atoms. The van der Waals surface area contributed by atoms with Crippen molar-refractivity contribution >= 4 is 17.8 Å². The number of nitrogens with zero attached hydrogens (tertiary/aromatic N) is 2. The number of Topliss-reactive ketones (excluding diaryl/α,β-unsaturated/α-hetero) is 1. The summed E-state index contributed by atoms with van der Waals surface area (Å²) in [4.78, 5) is 44.0. The van der Waals surface area contributed by atoms with Crippen molar-refractivity contribution in [3.8, 4) is 5.75 Å². The van der Waals surface area contributed by atoms with Gasteiger partial charge in [0, 0.05) is 43.0 Å². The van der Waals surface area contributed by atoms with Crippen LogP contribution in [0.3, 0.4) is 0 Å². The summed E-state index contributed by atoms with van der Waals surface area (Å²) < 4.78 is 31.3. The summed E-state index contributed by atoms with van der Waals surface area (Å²) in [5.41, 5.74) is 2.04. The summed E-state index contributed by atoms with van der Waals surface area (Å²) in [5.74, 6) is -2.30. The number of carbonyl (C=O) groups excluding carboxylic acids is 3. The number of fused-ring (bicyclic) bond motifs is 1. The Bertz CT molecular complexity index is 1470. The van der Waals surface area contributed by atoms with Crippen molar-refractivity contribution in [2.75, 3.05) is 27.7 Å². The van der Waals surface area contributed by atoms with E-state index in [0.29, 0.717) is 37.8 Å². The number of ether oxygens (including phenoxy) is 5. The highest BCUT2D eigenvalue weighted by atomic mass is 16.7. The number of aliphatic hydroxyl groups excluding tert-OH is 1. The normalized spacial score (nSPS) is 38.5. The Labute approximate surface area is 315 Å². The first kappa shape index (κ1) is 42.7. The van der Waals surface area contributed by atoms with E-state index in [1.807, 2.05) is 59.7 Å². The number of benzene rings is 1. The van der Waals surface area contributed by atoms with Crippen molar-refractivity contribution in [1.82, 2.24) is 15.3 Å². The quantitative estimate of drug-likeness (QED) is 0.223. The van der Waals surface area contributed by atoms with Crippen LogP contribution < -0.4 is 5.43 Å². The van der Waals surface area contributed by atoms with Crippen LogP contribution in [0.2, 0.25) is 0 Å². The molecular formula is C40H63N3O10. The molecule has 1 aromatic carbocycles. The highest BCUT2D eigenvalue weighted by molar-refractivity contribution is 5.88. The molecule has 0 aliphatic carbocycles. The van der Waals surface area contributed by atoms with E-state index < -0.39 is 71.7 Å². The van der Waals surface area contributed by atoms with E-state index in [0.717, 1.165) is 5.56 Å². The number of hydrogen-bond acceptors (Lipinski definition) is 12. The molecule has 13 heteroatoms. The summed E-state index contributed by atoms with van der Waals surface area (Å²) in [6, 6.07) is 5.99. The summed E-state index contributed by atoms with van der Waals surface area (Å²) >= 11 is 0. The average Bonchev–Trinajstić information content (AvgIpc) is 3.36. The van der Waals surface area contributed by atoms with Crippen LogP contribution in [0.5, 0.6) is 5.75 Å². The number of rotatable bonds is 10. The third-order valence-corrected chi connectivity index (χ3v) is 11.5. The Kier molecular flexibility index (Phi) is 14.2. The number of carbonyl (C=O) groups is 3. The van der Waals surface area contributed by atoms with Crippen molar-refractivity contribution in [1.29, 1.82) is 0 Å². The zero-order chi connectivity index (χ0) is 39.4. The molecule has 4 rings (SSSR count). The van der Waals surface area contributed by atoms with Gasteiger partial charge in [0.05, 0.1) is 17.8 Å². The van der Waals surface area contributed by atoms with Gasteiger partial charge >= 0.3 is 12.1 Å². The maximum absolute atomic E-state index is 14.6. The molecule has 0 bridgehead atoms. The number of esters is 1. The van der Waals surface area contributed by atoms with Crippen LogP contribution in [0, 0.1) is 17.8 Å². The number of aryl methyl sites for hydroxylation is 1. The lowest BCUT2D eigenvalue weighted by molar-refractivity contribution is -0.294. The number of aromatic hydroxyl groups is 1. The number of cyclic esters (lactones) is 1. The summed E-state index contributed by atoms with van der Waals surface area (Å²) in [5, 5.41) is 22.7. The van der Waals surface area contributed by atoms with Gasteiger partial charge < -0.3 is 38.8 Å². The van der Waals surface area contributed by atoms with Crippen molar-refractivity contribution in [2.24, 2.45) is 17.8 Å². The molecule has 2 fully saturated rings. The van der Waals surface area contributed by atoms with Gasteiger partial charge in [-0.25, -0.2) is 20.0 Å². The zero-order valence-corrected chi connectivity index (χ0v) is 33.5. The molecule has 0 spiro atoms. The zero-order valence-electron chi connectivity index (χ0n) is 33.5. The smallest absolute Gasteiger partial charge is 0.425 e. The standard InChI is InChI=1S/C40H63N3O10/c1-12-31-40(8)34(43(38(48)53-40)41-18-14-16-28-15-13-17-29(44)21-28)27(6)32(45)25(4)22-39(7,49-11)35(23(2)19-24(3)36(47)51-31)52-37-33(46)30(42(9)10)20-26(5)50-37/h13,15,17,19,21,23,25-27,30-31,33-35,37,41,44,46H,12,14,16,18,20,22H2,1-11H3/b24-19+/t23-,25+,26+,27-,30-,31+,33+,34+,35+,37-,39+,40+/m0/s1. The molecule has 298 valence electrons. The second-order valence-electron chi connectivity index (χ2n) is 16.0. The van der Waals surface area contributed by atoms with E-state index in [9.17, 15) is 24.6 Å². The Balaban J connectivity index is 1.70. The minimum Gasteiger partial charge on any atom is -0.508 e. The lowest BCUT2D eigenvalue weighted by Crippen LogP contribution is -2.60. The second kappa shape index (κ2) is 17.6. The number of likely N-dealkylation sites (N-methyl/N-ethyl adjacent to an activating group) is 1. The van der Waals surface area contributed by atoms with Gasteiger partial charge in [-0.2, -0.15) is 0 Å². The van der Waals surface area contributed by atoms with Gasteiger partial charge in [-0.05, 0) is 91.6 Å². The summed E-state index contributed by atoms with van der Waals surface area (Å²) in [7, 11) is 5.38. The monoisotopic (exact) mass is 745 g/mol. The molecule has 1 aromatic rings. The third-order valence-electron chi connectivity index (χ3n) is 11.5. The fraction of sp³-hybridized carbons (Fsp3) is 0.725. The summed E-state index contributed by atoms with van der Waals surface area (Å²) in [6.45, 7) is 15.0. The van der Waals surface area contributed by atoms with Crippen molar-refractivity contribution in [2.45, 2.75) is 141 Å². The molecule has 0 aromatic heterocycles. The molecule has 13 nitrogen and oxygen atoms in total. The molecule has 3 N–H and O–H groups in total. The number of amides is 1. The van der Waals surface area contributed by atoms with Crippen molar-refractivity contribution in [3.63, 3.8) is 0 Å². The van der Waals surface area contributed by atoms with Gasteiger partial charge in [-0.15, -0.1) is 0 Å². The first-order chi connectivity index (χ1) is 24.9. The minimum atomic E-state index is -1.37. The van der Waals surface area contributed by atoms with Crippen LogP contribution in [-0.2, 0) is 39.7 Å². The largest absolute Gasteiger partial charge is 0.508 e. The first-order valence-electron chi connectivity index (χ1n) is 19.0. The van der Waals surface area contributed by atoms with E-state index in [1.54, 1.807) is 52.2 Å². The number of phenolic OH excluding ortho intramolecular Hbond substituents is 1. The molecule has 0 unspecified atom stereocenters. The van der Waals surface area contributed by atoms with Crippen LogP contribution in [0.25, 0.3) is 0 Å². The second-order valence-corrected chi connectivity index (χ2v) is 16.0. The average molecular weight is 746 g/mol. The van der Waals surface area contributed by atoms with Gasteiger partial charge in [0.15, 0.2) is 11.9 Å². The predicted molar refractivity (Wildman–Crippen MR) is 199 cm³/mol. The number of nitrogens with one attached hydrogen (secondary N) is 1. The van der Waals surface area contributed by atoms with Crippen LogP contribution in [-0.4, -0.2) is 120 Å². The molecule has 0 radical (unpaired) electrons. The lowest BCUT2D eigenvalue weighted by atomic mass is 9.74. The molecule has 0 saturated carbocycles. The highest BCUT2D eigenvalue weighted by Gasteiger charge is 2.60. The fourth-order valence-electron chi connectivity index (χ4n) is 8.64. The van der Waals surface area contributed by atoms with E-state index in [4.69, 9.17) is 23.7 Å². The Morgan fingerprint density at radius 2 is 1.81 bits per heavy atom. The van der Waals surface area contributed by atoms with Gasteiger partial charge in [0.1, 0.15) is 29.8 Å². The molecule has 1 amide bonds. The van der Waals surface area contributed by atoms with E-state index in [2.05, 4.69) is 5.43 Å². The minimum absolute atomic E-state index is 0.124. The van der Waals surface area contributed by atoms with E-state index in [1.165, 1.54) is 5.01 Å². The maximum Gasteiger partial charge on any atom is 0.425 e. The lowest BCUT2D eigenvalue weighted by Gasteiger charge is -2.46. The Hall–Kier alpha value is -3.07.